The second kappa shape index (κ2) is 12.3. The number of hydrogen-bond acceptors (Lipinski definition) is 7. The topological polar surface area (TPSA) is 111 Å². The number of carboxylic acid groups (broad SMARTS) is 1. The molecule has 0 saturated carbocycles. The molecule has 1 atom stereocenters. The third kappa shape index (κ3) is 6.32. The number of benzene rings is 1. The molecule has 2 aliphatic rings. The zero-order chi connectivity index (χ0) is 27.4. The molecule has 0 aliphatic carbocycles. The normalized spacial score (nSPS) is 18.4. The van der Waals surface area contributed by atoms with Crippen LogP contribution < -0.4 is 5.56 Å². The molecule has 5 rings (SSSR count). The van der Waals surface area contributed by atoms with Crippen molar-refractivity contribution in [1.82, 2.24) is 19.6 Å². The number of unbranched alkanes of at least 4 members (excludes halogenated alkanes) is 2. The first-order chi connectivity index (χ1) is 18.9. The Morgan fingerprint density at radius 1 is 1.18 bits per heavy atom. The summed E-state index contributed by atoms with van der Waals surface area (Å²) in [5.74, 6) is 1.14. The summed E-state index contributed by atoms with van der Waals surface area (Å²) >= 11 is 0. The lowest BCUT2D eigenvalue weighted by atomic mass is 9.91. The molecule has 1 fully saturated rings. The second-order valence-electron chi connectivity index (χ2n) is 10.9. The van der Waals surface area contributed by atoms with Gasteiger partial charge < -0.3 is 19.3 Å². The van der Waals surface area contributed by atoms with Crippen molar-refractivity contribution in [2.75, 3.05) is 26.2 Å². The molecule has 9 nitrogen and oxygen atoms in total. The minimum Gasteiger partial charge on any atom is -0.450 e. The van der Waals surface area contributed by atoms with Crippen LogP contribution in [0.3, 0.4) is 0 Å². The molecule has 1 aromatic carbocycles. The van der Waals surface area contributed by atoms with Crippen LogP contribution in [0.2, 0.25) is 0 Å². The van der Waals surface area contributed by atoms with Gasteiger partial charge in [-0.25, -0.2) is 14.2 Å². The van der Waals surface area contributed by atoms with Gasteiger partial charge in [0, 0.05) is 47.6 Å². The fourth-order valence-electron chi connectivity index (χ4n) is 6.19. The third-order valence-electron chi connectivity index (χ3n) is 8.34. The quantitative estimate of drug-likeness (QED) is 0.269. The smallest absolute Gasteiger partial charge is 0.450 e. The monoisotopic (exact) mass is 540 g/mol. The van der Waals surface area contributed by atoms with Gasteiger partial charge in [-0.05, 0) is 77.1 Å². The lowest BCUT2D eigenvalue weighted by Crippen LogP contribution is -2.37. The molecule has 0 bridgehead atoms. The number of likely N-dealkylation sites (tertiary alicyclic amines) is 1. The Kier molecular flexibility index (Phi) is 8.60. The maximum Gasteiger partial charge on any atom is 0.505 e. The summed E-state index contributed by atoms with van der Waals surface area (Å²) in [6.07, 6.45) is 6.87. The number of ether oxygens (including phenoxy) is 1. The molecule has 2 aliphatic heterocycles. The highest BCUT2D eigenvalue weighted by atomic mass is 19.1. The summed E-state index contributed by atoms with van der Waals surface area (Å²) in [5.41, 5.74) is 3.17. The number of hydrogen-bond donors (Lipinski definition) is 1. The molecule has 0 spiro atoms. The van der Waals surface area contributed by atoms with Crippen molar-refractivity contribution in [1.29, 1.82) is 0 Å². The van der Waals surface area contributed by atoms with Crippen LogP contribution in [-0.4, -0.2) is 57.1 Å². The van der Waals surface area contributed by atoms with Gasteiger partial charge in [0.2, 0.25) is 0 Å². The molecule has 1 saturated heterocycles. The standard InChI is InChI=1S/C29H37FN4O5/c1-19-23(28(35)34-13-5-7-21(27(34)31-19)6-3-2-4-17-38-29(36)37)12-16-33-14-10-20(11-15-33)26-24-9-8-22(30)18-25(24)39-32-26/h8-9,18,20-21H,2-7,10-17H2,1H3,(H,36,37). The first kappa shape index (κ1) is 27.3. The molecule has 2 aromatic heterocycles. The van der Waals surface area contributed by atoms with Crippen molar-refractivity contribution in [3.05, 3.63) is 57.1 Å². The van der Waals surface area contributed by atoms with Gasteiger partial charge in [-0.1, -0.05) is 18.0 Å². The van der Waals surface area contributed by atoms with E-state index in [9.17, 15) is 14.0 Å². The molecule has 0 radical (unpaired) electrons. The van der Waals surface area contributed by atoms with Gasteiger partial charge in [0.25, 0.3) is 5.56 Å². The molecule has 1 N–H and O–H groups in total. The van der Waals surface area contributed by atoms with Crippen molar-refractivity contribution < 1.29 is 23.6 Å². The van der Waals surface area contributed by atoms with E-state index in [4.69, 9.17) is 14.6 Å². The molecule has 1 unspecified atom stereocenters. The Labute approximate surface area is 226 Å². The van der Waals surface area contributed by atoms with E-state index in [1.807, 2.05) is 11.5 Å². The maximum atomic E-state index is 13.5. The van der Waals surface area contributed by atoms with Crippen LogP contribution >= 0.6 is 0 Å². The van der Waals surface area contributed by atoms with Gasteiger partial charge in [-0.3, -0.25) is 9.36 Å². The van der Waals surface area contributed by atoms with E-state index in [1.165, 1.54) is 12.1 Å². The SMILES string of the molecule is Cc1nc2n(c(=O)c1CCN1CCC(c3noc4cc(F)ccc34)CC1)CCCC2CCCCCOC(=O)O. The highest BCUT2D eigenvalue weighted by Crippen LogP contribution is 2.33. The van der Waals surface area contributed by atoms with Crippen LogP contribution in [-0.2, 0) is 17.7 Å². The average molecular weight is 541 g/mol. The van der Waals surface area contributed by atoms with Crippen molar-refractivity contribution in [3.8, 4) is 0 Å². The highest BCUT2D eigenvalue weighted by molar-refractivity contribution is 5.79. The van der Waals surface area contributed by atoms with Crippen LogP contribution in [0.15, 0.2) is 27.5 Å². The van der Waals surface area contributed by atoms with Crippen molar-refractivity contribution >= 4 is 17.1 Å². The molecule has 39 heavy (non-hydrogen) atoms. The number of carbonyl (C=O) groups is 1. The zero-order valence-electron chi connectivity index (χ0n) is 22.5. The van der Waals surface area contributed by atoms with E-state index in [1.54, 1.807) is 6.07 Å². The number of rotatable bonds is 10. The first-order valence-corrected chi connectivity index (χ1v) is 14.1. The zero-order valence-corrected chi connectivity index (χ0v) is 22.5. The highest BCUT2D eigenvalue weighted by Gasteiger charge is 2.27. The van der Waals surface area contributed by atoms with Crippen LogP contribution in [0.1, 0.15) is 86.0 Å². The third-order valence-corrected chi connectivity index (χ3v) is 8.34. The molecule has 10 heteroatoms. The van der Waals surface area contributed by atoms with Crippen molar-refractivity contribution in [3.63, 3.8) is 0 Å². The molecule has 4 heterocycles. The summed E-state index contributed by atoms with van der Waals surface area (Å²) in [4.78, 5) is 31.3. The van der Waals surface area contributed by atoms with E-state index >= 15 is 0 Å². The Morgan fingerprint density at radius 2 is 2.00 bits per heavy atom. The minimum absolute atomic E-state index is 0.105. The number of halogens is 1. The lowest BCUT2D eigenvalue weighted by Gasteiger charge is -2.31. The van der Waals surface area contributed by atoms with E-state index in [2.05, 4.69) is 14.8 Å². The Bertz CT molecular complexity index is 1360. The summed E-state index contributed by atoms with van der Waals surface area (Å²) < 4.78 is 25.3. The van der Waals surface area contributed by atoms with E-state index in [0.717, 1.165) is 99.3 Å². The van der Waals surface area contributed by atoms with Gasteiger partial charge in [0.05, 0.1) is 12.3 Å². The van der Waals surface area contributed by atoms with Gasteiger partial charge >= 0.3 is 6.16 Å². The largest absolute Gasteiger partial charge is 0.505 e. The average Bonchev–Trinajstić information content (AvgIpc) is 3.34. The number of fused-ring (bicyclic) bond motifs is 2. The molecule has 0 amide bonds. The van der Waals surface area contributed by atoms with E-state index in [-0.39, 0.29) is 29.8 Å². The number of aromatic nitrogens is 3. The van der Waals surface area contributed by atoms with Crippen molar-refractivity contribution in [2.45, 2.75) is 83.1 Å². The fraction of sp³-hybridized carbons (Fsp3) is 0.586. The van der Waals surface area contributed by atoms with Crippen LogP contribution in [0.25, 0.3) is 11.0 Å². The molecular weight excluding hydrogens is 503 g/mol. The summed E-state index contributed by atoms with van der Waals surface area (Å²) in [5, 5.41) is 13.7. The van der Waals surface area contributed by atoms with Gasteiger partial charge in [0.1, 0.15) is 11.6 Å². The molecule has 210 valence electrons. The molecule has 3 aromatic rings. The number of piperidine rings is 1. The van der Waals surface area contributed by atoms with Gasteiger partial charge in [-0.2, -0.15) is 0 Å². The lowest BCUT2D eigenvalue weighted by molar-refractivity contribution is 0.0899. The second-order valence-corrected chi connectivity index (χ2v) is 10.9. The minimum atomic E-state index is -1.23. The number of nitrogens with zero attached hydrogens (tertiary/aromatic N) is 4. The fourth-order valence-corrected chi connectivity index (χ4v) is 6.19. The summed E-state index contributed by atoms with van der Waals surface area (Å²) in [7, 11) is 0. The molecular formula is C29H37FN4O5. The number of aryl methyl sites for hydroxylation is 1. The first-order valence-electron chi connectivity index (χ1n) is 14.1. The predicted molar refractivity (Wildman–Crippen MR) is 144 cm³/mol. The Hall–Kier alpha value is -3.27. The van der Waals surface area contributed by atoms with Crippen LogP contribution in [0, 0.1) is 12.7 Å². The Balaban J connectivity index is 1.15. The van der Waals surface area contributed by atoms with Gasteiger partial charge in [0.15, 0.2) is 5.58 Å². The van der Waals surface area contributed by atoms with Crippen LogP contribution in [0.5, 0.6) is 0 Å². The Morgan fingerprint density at radius 3 is 2.79 bits per heavy atom. The van der Waals surface area contributed by atoms with Gasteiger partial charge in [-0.15, -0.1) is 0 Å². The summed E-state index contributed by atoms with van der Waals surface area (Å²) in [6, 6.07) is 4.59. The van der Waals surface area contributed by atoms with E-state index in [0.29, 0.717) is 18.4 Å². The van der Waals surface area contributed by atoms with E-state index < -0.39 is 6.16 Å². The van der Waals surface area contributed by atoms with Crippen LogP contribution in [0.4, 0.5) is 9.18 Å². The maximum absolute atomic E-state index is 13.5. The summed E-state index contributed by atoms with van der Waals surface area (Å²) in [6.45, 7) is 5.55. The van der Waals surface area contributed by atoms with Crippen molar-refractivity contribution in [2.24, 2.45) is 0 Å². The predicted octanol–water partition coefficient (Wildman–Crippen LogP) is 5.39.